The predicted octanol–water partition coefficient (Wildman–Crippen LogP) is 2.41. The third-order valence-corrected chi connectivity index (χ3v) is 3.67. The molecule has 0 spiro atoms. The van der Waals surface area contributed by atoms with Crippen molar-refractivity contribution in [1.82, 2.24) is 9.96 Å². The number of ether oxygens (including phenoxy) is 1. The van der Waals surface area contributed by atoms with Crippen LogP contribution in [0.5, 0.6) is 0 Å². The molecule has 0 bridgehead atoms. The summed E-state index contributed by atoms with van der Waals surface area (Å²) in [5.74, 6) is 0. The van der Waals surface area contributed by atoms with Crippen LogP contribution >= 0.6 is 0 Å². The van der Waals surface area contributed by atoms with Crippen molar-refractivity contribution in [3.05, 3.63) is 0 Å². The lowest BCUT2D eigenvalue weighted by atomic mass is 9.91. The van der Waals surface area contributed by atoms with Gasteiger partial charge in [-0.1, -0.05) is 6.42 Å². The first-order valence-electron chi connectivity index (χ1n) is 7.34. The van der Waals surface area contributed by atoms with Gasteiger partial charge in [0, 0.05) is 25.7 Å². The molecule has 19 heavy (non-hydrogen) atoms. The van der Waals surface area contributed by atoms with Crippen LogP contribution in [0, 0.1) is 0 Å². The van der Waals surface area contributed by atoms with Gasteiger partial charge in [-0.15, -0.1) is 5.06 Å². The Balaban J connectivity index is 1.74. The van der Waals surface area contributed by atoms with Crippen molar-refractivity contribution >= 4 is 6.16 Å². The number of carbonyl (C=O) groups excluding carboxylic acids is 1. The van der Waals surface area contributed by atoms with Crippen molar-refractivity contribution in [1.29, 1.82) is 0 Å². The highest BCUT2D eigenvalue weighted by Crippen LogP contribution is 2.25. The van der Waals surface area contributed by atoms with E-state index in [0.29, 0.717) is 0 Å². The highest BCUT2D eigenvalue weighted by Gasteiger charge is 2.28. The number of hydrogen-bond acceptors (Lipinski definition) is 5. The van der Waals surface area contributed by atoms with E-state index in [4.69, 9.17) is 9.57 Å². The summed E-state index contributed by atoms with van der Waals surface area (Å²) < 4.78 is 5.17. The van der Waals surface area contributed by atoms with E-state index in [9.17, 15) is 4.79 Å². The lowest BCUT2D eigenvalue weighted by molar-refractivity contribution is -0.140. The molecule has 110 valence electrons. The molecule has 5 heteroatoms. The summed E-state index contributed by atoms with van der Waals surface area (Å²) in [6.07, 6.45) is 4.46. The Morgan fingerprint density at radius 1 is 1.05 bits per heavy atom. The molecule has 2 fully saturated rings. The average Bonchev–Trinajstić information content (AvgIpc) is 2.38. The molecular weight excluding hydrogens is 244 g/mol. The van der Waals surface area contributed by atoms with Crippen LogP contribution in [0.15, 0.2) is 0 Å². The van der Waals surface area contributed by atoms with Crippen molar-refractivity contribution < 1.29 is 14.4 Å². The zero-order valence-electron chi connectivity index (χ0n) is 12.4. The summed E-state index contributed by atoms with van der Waals surface area (Å²) >= 11 is 0. The predicted molar refractivity (Wildman–Crippen MR) is 72.7 cm³/mol. The van der Waals surface area contributed by atoms with Crippen molar-refractivity contribution in [3.63, 3.8) is 0 Å². The maximum atomic E-state index is 11.6. The van der Waals surface area contributed by atoms with Gasteiger partial charge in [-0.3, -0.25) is 4.90 Å². The summed E-state index contributed by atoms with van der Waals surface area (Å²) in [6.45, 7) is 9.18. The van der Waals surface area contributed by atoms with E-state index in [-0.39, 0.29) is 0 Å². The van der Waals surface area contributed by atoms with Gasteiger partial charge in [0.25, 0.3) is 0 Å². The summed E-state index contributed by atoms with van der Waals surface area (Å²) in [7, 11) is 0. The van der Waals surface area contributed by atoms with E-state index in [1.54, 1.807) is 5.06 Å². The normalized spacial score (nSPS) is 23.5. The van der Waals surface area contributed by atoms with Crippen molar-refractivity contribution in [2.24, 2.45) is 0 Å². The molecule has 1 aliphatic carbocycles. The van der Waals surface area contributed by atoms with Gasteiger partial charge >= 0.3 is 6.16 Å². The fraction of sp³-hybridized carbons (Fsp3) is 0.929. The highest BCUT2D eigenvalue weighted by molar-refractivity contribution is 5.60. The lowest BCUT2D eigenvalue weighted by Crippen LogP contribution is -2.42. The second-order valence-corrected chi connectivity index (χ2v) is 6.46. The second kappa shape index (κ2) is 6.09. The van der Waals surface area contributed by atoms with E-state index in [1.165, 1.54) is 19.3 Å². The van der Waals surface area contributed by atoms with Gasteiger partial charge in [0.15, 0.2) is 0 Å². The first-order chi connectivity index (χ1) is 8.94. The van der Waals surface area contributed by atoms with E-state index in [0.717, 1.165) is 38.6 Å². The minimum Gasteiger partial charge on any atom is -0.427 e. The van der Waals surface area contributed by atoms with Gasteiger partial charge in [0.2, 0.25) is 0 Å². The lowest BCUT2D eigenvalue weighted by Gasteiger charge is -2.36. The van der Waals surface area contributed by atoms with Gasteiger partial charge in [0.05, 0.1) is 0 Å². The molecule has 0 unspecified atom stereocenters. The molecule has 1 aliphatic heterocycles. The standard InChI is InChI=1S/C14H26N2O3/c1-14(2,3)18-13(17)19-16-9-5-8-15(10-11-16)12-6-4-7-12/h12H,4-11H2,1-3H3. The molecule has 0 aromatic rings. The average molecular weight is 270 g/mol. The van der Waals surface area contributed by atoms with E-state index in [1.807, 2.05) is 20.8 Å². The Morgan fingerprint density at radius 3 is 2.37 bits per heavy atom. The summed E-state index contributed by atoms with van der Waals surface area (Å²) in [5.41, 5.74) is -0.499. The fourth-order valence-electron chi connectivity index (χ4n) is 2.50. The van der Waals surface area contributed by atoms with Crippen LogP contribution in [0.3, 0.4) is 0 Å². The van der Waals surface area contributed by atoms with Gasteiger partial charge in [-0.25, -0.2) is 4.79 Å². The van der Waals surface area contributed by atoms with E-state index in [2.05, 4.69) is 4.90 Å². The number of hydroxylamine groups is 2. The van der Waals surface area contributed by atoms with Gasteiger partial charge in [0.1, 0.15) is 5.60 Å². The Labute approximate surface area is 115 Å². The number of hydrogen-bond donors (Lipinski definition) is 0. The summed E-state index contributed by atoms with van der Waals surface area (Å²) in [4.78, 5) is 19.4. The molecule has 0 radical (unpaired) electrons. The molecule has 0 amide bonds. The highest BCUT2D eigenvalue weighted by atomic mass is 16.8. The minimum atomic E-state index is -0.593. The van der Waals surface area contributed by atoms with Crippen molar-refractivity contribution in [3.8, 4) is 0 Å². The fourth-order valence-corrected chi connectivity index (χ4v) is 2.50. The molecule has 1 saturated carbocycles. The third-order valence-electron chi connectivity index (χ3n) is 3.67. The molecule has 1 saturated heterocycles. The molecule has 2 rings (SSSR count). The quantitative estimate of drug-likeness (QED) is 0.721. The van der Waals surface area contributed by atoms with Crippen LogP contribution in [0.1, 0.15) is 46.5 Å². The van der Waals surface area contributed by atoms with Crippen LogP contribution < -0.4 is 0 Å². The molecule has 0 atom stereocenters. The third kappa shape index (κ3) is 4.66. The SMILES string of the molecule is CC(C)(C)OC(=O)ON1CCCN(C2CCC2)CC1. The van der Waals surface area contributed by atoms with Crippen LogP contribution in [-0.2, 0) is 9.57 Å². The molecule has 1 heterocycles. The Bertz CT molecular complexity index is 310. The van der Waals surface area contributed by atoms with Gasteiger partial charge in [-0.2, -0.15) is 0 Å². The summed E-state index contributed by atoms with van der Waals surface area (Å²) in [6, 6.07) is 0.765. The van der Waals surface area contributed by atoms with Crippen LogP contribution in [0.4, 0.5) is 4.79 Å². The molecule has 0 N–H and O–H groups in total. The van der Waals surface area contributed by atoms with Crippen molar-refractivity contribution in [2.45, 2.75) is 58.1 Å². The van der Waals surface area contributed by atoms with Gasteiger partial charge in [-0.05, 0) is 46.6 Å². The number of nitrogens with zero attached hydrogens (tertiary/aromatic N) is 2. The zero-order chi connectivity index (χ0) is 13.9. The molecular formula is C14H26N2O3. The molecule has 0 aromatic carbocycles. The smallest absolute Gasteiger partial charge is 0.427 e. The first-order valence-corrected chi connectivity index (χ1v) is 7.34. The van der Waals surface area contributed by atoms with E-state index >= 15 is 0 Å². The number of rotatable bonds is 2. The Morgan fingerprint density at radius 2 is 1.79 bits per heavy atom. The van der Waals surface area contributed by atoms with Crippen LogP contribution in [0.2, 0.25) is 0 Å². The number of carbonyl (C=O) groups is 1. The van der Waals surface area contributed by atoms with Crippen molar-refractivity contribution in [2.75, 3.05) is 26.2 Å². The largest absolute Gasteiger partial charge is 0.528 e. The topological polar surface area (TPSA) is 42.0 Å². The minimum absolute atomic E-state index is 0.499. The van der Waals surface area contributed by atoms with E-state index < -0.39 is 11.8 Å². The molecule has 5 nitrogen and oxygen atoms in total. The van der Waals surface area contributed by atoms with Crippen LogP contribution in [-0.4, -0.2) is 53.9 Å². The maximum absolute atomic E-state index is 11.6. The second-order valence-electron chi connectivity index (χ2n) is 6.46. The monoisotopic (exact) mass is 270 g/mol. The Hall–Kier alpha value is -0.810. The summed E-state index contributed by atoms with van der Waals surface area (Å²) in [5, 5.41) is 1.74. The molecule has 2 aliphatic rings. The maximum Gasteiger partial charge on any atom is 0.528 e. The molecule has 0 aromatic heterocycles. The Kier molecular flexibility index (Phi) is 4.68. The van der Waals surface area contributed by atoms with Gasteiger partial charge < -0.3 is 9.57 Å². The van der Waals surface area contributed by atoms with Crippen LogP contribution in [0.25, 0.3) is 0 Å². The zero-order valence-corrected chi connectivity index (χ0v) is 12.4. The first kappa shape index (κ1) is 14.6.